The first kappa shape index (κ1) is 31.9. The molecule has 0 radical (unpaired) electrons. The van der Waals surface area contributed by atoms with Crippen molar-refractivity contribution in [2.75, 3.05) is 0 Å². The quantitative estimate of drug-likeness (QED) is 0.171. The number of hydrogen-bond acceptors (Lipinski definition) is 3. The highest BCUT2D eigenvalue weighted by Crippen LogP contribution is 2.43. The lowest BCUT2D eigenvalue weighted by Crippen LogP contribution is -2.26. The van der Waals surface area contributed by atoms with Crippen LogP contribution in [-0.2, 0) is 54.8 Å². The lowest BCUT2D eigenvalue weighted by Gasteiger charge is -2.25. The maximum Gasteiger partial charge on any atom is 0.0921 e. The largest absolute Gasteiger partial charge is 0.348 e. The summed E-state index contributed by atoms with van der Waals surface area (Å²) < 4.78 is 0. The fraction of sp³-hybridized carbons (Fsp3) is 0.357. The van der Waals surface area contributed by atoms with Gasteiger partial charge in [-0.05, 0) is 91.2 Å². The number of benzene rings is 3. The van der Waals surface area contributed by atoms with E-state index in [1.165, 1.54) is 50.5 Å². The molecule has 0 saturated carbocycles. The third kappa shape index (κ3) is 5.93. The van der Waals surface area contributed by atoms with Gasteiger partial charge in [-0.25, -0.2) is 15.0 Å². The molecule has 246 valence electrons. The number of fused-ring (bicyclic) bond motifs is 3. The molecular formula is C42H48N6. The molecule has 0 unspecified atom stereocenters. The number of rotatable bonds is 6. The van der Waals surface area contributed by atoms with Crippen LogP contribution < -0.4 is 0 Å². The number of H-pyrrole nitrogens is 3. The number of imidazole rings is 3. The fourth-order valence-corrected chi connectivity index (χ4v) is 8.61. The zero-order valence-corrected chi connectivity index (χ0v) is 28.6. The van der Waals surface area contributed by atoms with E-state index < -0.39 is 0 Å². The first-order valence-corrected chi connectivity index (χ1v) is 17.7. The van der Waals surface area contributed by atoms with Gasteiger partial charge in [-0.15, -0.1) is 0 Å². The number of hydrogen-bond donors (Lipinski definition) is 3. The van der Waals surface area contributed by atoms with Crippen LogP contribution in [0.4, 0.5) is 0 Å². The van der Waals surface area contributed by atoms with Crippen molar-refractivity contribution >= 4 is 0 Å². The van der Waals surface area contributed by atoms with E-state index in [4.69, 9.17) is 0 Å². The predicted molar refractivity (Wildman–Crippen MR) is 193 cm³/mol. The van der Waals surface area contributed by atoms with Crippen molar-refractivity contribution in [1.82, 2.24) is 29.9 Å². The second kappa shape index (κ2) is 13.4. The summed E-state index contributed by atoms with van der Waals surface area (Å²) in [5.74, 6) is 0. The van der Waals surface area contributed by atoms with E-state index in [2.05, 4.69) is 123 Å². The Morgan fingerprint density at radius 3 is 0.812 bits per heavy atom. The Morgan fingerprint density at radius 1 is 0.417 bits per heavy atom. The van der Waals surface area contributed by atoms with Gasteiger partial charge < -0.3 is 15.0 Å². The molecule has 0 spiro atoms. The Labute approximate surface area is 284 Å². The molecule has 0 saturated heterocycles. The van der Waals surface area contributed by atoms with Crippen molar-refractivity contribution in [3.63, 3.8) is 0 Å². The zero-order valence-electron chi connectivity index (χ0n) is 28.6. The Bertz CT molecular complexity index is 1600. The molecule has 0 atom stereocenters. The minimum atomic E-state index is 0.250. The monoisotopic (exact) mass is 636 g/mol. The van der Waals surface area contributed by atoms with Gasteiger partial charge in [0.1, 0.15) is 0 Å². The van der Waals surface area contributed by atoms with Crippen LogP contribution in [0.2, 0.25) is 0 Å². The minimum absolute atomic E-state index is 0.250. The lowest BCUT2D eigenvalue weighted by atomic mass is 9.79. The molecule has 3 aliphatic rings. The van der Waals surface area contributed by atoms with E-state index in [9.17, 15) is 0 Å². The Morgan fingerprint density at radius 2 is 0.646 bits per heavy atom. The highest BCUT2D eigenvalue weighted by atomic mass is 14.9. The Kier molecular flexibility index (Phi) is 8.91. The van der Waals surface area contributed by atoms with Crippen molar-refractivity contribution in [3.8, 4) is 0 Å². The van der Waals surface area contributed by atoms with Gasteiger partial charge in [0.2, 0.25) is 0 Å². The summed E-state index contributed by atoms with van der Waals surface area (Å²) in [7, 11) is 0. The molecule has 3 N–H and O–H groups in total. The van der Waals surface area contributed by atoms with Crippen LogP contribution in [0.1, 0.15) is 90.5 Å². The minimum Gasteiger partial charge on any atom is -0.348 e. The maximum atomic E-state index is 4.17. The summed E-state index contributed by atoms with van der Waals surface area (Å²) in [5, 5.41) is 0. The molecule has 0 fully saturated rings. The molecular weight excluding hydrogens is 589 g/mol. The van der Waals surface area contributed by atoms with Gasteiger partial charge in [-0.3, -0.25) is 0 Å². The van der Waals surface area contributed by atoms with Gasteiger partial charge in [0, 0.05) is 51.9 Å². The highest BCUT2D eigenvalue weighted by molar-refractivity contribution is 5.41. The van der Waals surface area contributed by atoms with E-state index in [0.717, 1.165) is 57.8 Å². The molecule has 6 aromatic rings. The van der Waals surface area contributed by atoms with Crippen LogP contribution in [0.3, 0.4) is 0 Å². The fourth-order valence-electron chi connectivity index (χ4n) is 8.61. The van der Waals surface area contributed by atoms with Gasteiger partial charge >= 0.3 is 0 Å². The van der Waals surface area contributed by atoms with Crippen molar-refractivity contribution in [1.29, 1.82) is 0 Å². The van der Waals surface area contributed by atoms with Crippen molar-refractivity contribution in [2.45, 2.75) is 94.8 Å². The molecule has 6 nitrogen and oxygen atoms in total. The number of nitrogens with zero attached hydrogens (tertiary/aromatic N) is 3. The molecule has 48 heavy (non-hydrogen) atoms. The molecule has 3 aromatic heterocycles. The summed E-state index contributed by atoms with van der Waals surface area (Å²) in [4.78, 5) is 22.4. The van der Waals surface area contributed by atoms with Gasteiger partial charge in [0.15, 0.2) is 0 Å². The average Bonchev–Trinajstić information content (AvgIpc) is 3.98. The number of aromatic nitrogens is 6. The molecule has 0 aliphatic heterocycles. The lowest BCUT2D eigenvalue weighted by molar-refractivity contribution is 0.423. The normalized spacial score (nSPS) is 17.3. The average molecular weight is 637 g/mol. The van der Waals surface area contributed by atoms with Gasteiger partial charge in [0.25, 0.3) is 0 Å². The Hall–Kier alpha value is -4.71. The number of nitrogens with one attached hydrogen (secondary N) is 3. The van der Waals surface area contributed by atoms with Crippen LogP contribution in [-0.4, -0.2) is 29.9 Å². The van der Waals surface area contributed by atoms with Crippen LogP contribution in [0.15, 0.2) is 110 Å². The summed E-state index contributed by atoms with van der Waals surface area (Å²) in [5.41, 5.74) is 13.6. The molecule has 3 aromatic carbocycles. The Balaban J connectivity index is 0.000000114. The van der Waals surface area contributed by atoms with Gasteiger partial charge in [-0.2, -0.15) is 0 Å². The standard InChI is InChI=1S/3C14H16N2/c3*1-2-14(13-9-15-10-16-13)7-11-5-3-4-6-12(11)8-14/h3*3-6,9-10H,2,7-8H2,1H3,(H,15,16). The van der Waals surface area contributed by atoms with E-state index in [-0.39, 0.29) is 16.2 Å². The molecule has 0 bridgehead atoms. The summed E-state index contributed by atoms with van der Waals surface area (Å²) in [6.07, 6.45) is 21.6. The molecule has 3 aliphatic carbocycles. The molecule has 6 heteroatoms. The van der Waals surface area contributed by atoms with Gasteiger partial charge in [-0.1, -0.05) is 93.6 Å². The third-order valence-electron chi connectivity index (χ3n) is 11.8. The van der Waals surface area contributed by atoms with E-state index in [1.54, 1.807) is 19.0 Å². The second-order valence-electron chi connectivity index (χ2n) is 14.2. The first-order valence-electron chi connectivity index (χ1n) is 17.7. The molecule has 9 rings (SSSR count). The molecule has 3 heterocycles. The summed E-state index contributed by atoms with van der Waals surface area (Å²) in [6.45, 7) is 6.81. The van der Waals surface area contributed by atoms with Crippen molar-refractivity contribution in [2.24, 2.45) is 0 Å². The third-order valence-corrected chi connectivity index (χ3v) is 11.8. The van der Waals surface area contributed by atoms with Crippen molar-refractivity contribution < 1.29 is 0 Å². The van der Waals surface area contributed by atoms with E-state index in [0.29, 0.717) is 0 Å². The second-order valence-corrected chi connectivity index (χ2v) is 14.2. The maximum absolute atomic E-state index is 4.17. The van der Waals surface area contributed by atoms with Crippen LogP contribution in [0.25, 0.3) is 0 Å². The summed E-state index contributed by atoms with van der Waals surface area (Å²) in [6, 6.07) is 26.3. The predicted octanol–water partition coefficient (Wildman–Crippen LogP) is 8.57. The summed E-state index contributed by atoms with van der Waals surface area (Å²) >= 11 is 0. The number of aromatic amines is 3. The van der Waals surface area contributed by atoms with E-state index in [1.807, 2.05) is 18.6 Å². The van der Waals surface area contributed by atoms with Crippen LogP contribution >= 0.6 is 0 Å². The van der Waals surface area contributed by atoms with Gasteiger partial charge in [0.05, 0.1) is 19.0 Å². The van der Waals surface area contributed by atoms with Crippen LogP contribution in [0.5, 0.6) is 0 Å². The smallest absolute Gasteiger partial charge is 0.0921 e. The zero-order chi connectivity index (χ0) is 33.0. The first-order chi connectivity index (χ1) is 23.5. The molecule has 0 amide bonds. The highest BCUT2D eigenvalue weighted by Gasteiger charge is 2.40. The SMILES string of the molecule is CCC1(c2cnc[nH]2)Cc2ccccc2C1.CCC1(c2cnc[nH]2)Cc2ccccc2C1.CCC1(c2cnc[nH]2)Cc2ccccc2C1. The van der Waals surface area contributed by atoms with E-state index >= 15 is 0 Å². The van der Waals surface area contributed by atoms with Crippen LogP contribution in [0, 0.1) is 0 Å². The topological polar surface area (TPSA) is 86.0 Å². The van der Waals surface area contributed by atoms with Crippen molar-refractivity contribution in [3.05, 3.63) is 161 Å².